The van der Waals surface area contributed by atoms with Gasteiger partial charge in [0, 0.05) is 17.7 Å². The average molecular weight is 273 g/mol. The van der Waals surface area contributed by atoms with Gasteiger partial charge in [0.15, 0.2) is 17.2 Å². The van der Waals surface area contributed by atoms with E-state index in [1.54, 1.807) is 0 Å². The lowest BCUT2D eigenvalue weighted by atomic mass is 10.0. The molecule has 0 spiro atoms. The fraction of sp³-hybridized carbons (Fsp3) is 0.143. The highest BCUT2D eigenvalue weighted by Crippen LogP contribution is 2.41. The van der Waals surface area contributed by atoms with E-state index in [9.17, 15) is 0 Å². The van der Waals surface area contributed by atoms with Crippen LogP contribution in [-0.4, -0.2) is 6.79 Å². The first-order valence-corrected chi connectivity index (χ1v) is 6.74. The summed E-state index contributed by atoms with van der Waals surface area (Å²) in [7, 11) is 0. The van der Waals surface area contributed by atoms with Crippen LogP contribution in [0.5, 0.6) is 17.2 Å². The van der Waals surface area contributed by atoms with Gasteiger partial charge in [-0.3, -0.25) is 0 Å². The van der Waals surface area contributed by atoms with Crippen molar-refractivity contribution in [1.82, 2.24) is 4.72 Å². The smallest absolute Gasteiger partial charge is 0.231 e. The molecule has 0 unspecified atom stereocenters. The van der Waals surface area contributed by atoms with E-state index < -0.39 is 0 Å². The molecule has 0 saturated carbocycles. The number of hydrogen-bond donors (Lipinski definition) is 1. The van der Waals surface area contributed by atoms with Crippen molar-refractivity contribution in [3.63, 3.8) is 0 Å². The van der Waals surface area contributed by atoms with Gasteiger partial charge in [0.1, 0.15) is 12.2 Å². The monoisotopic (exact) mass is 273 g/mol. The predicted octanol–water partition coefficient (Wildman–Crippen LogP) is 3.13. The molecule has 0 bridgehead atoms. The van der Waals surface area contributed by atoms with Crippen molar-refractivity contribution in [2.45, 2.75) is 6.54 Å². The summed E-state index contributed by atoms with van der Waals surface area (Å²) in [6.45, 7) is 1.10. The van der Waals surface area contributed by atoms with Crippen molar-refractivity contribution in [1.29, 1.82) is 0 Å². The van der Waals surface area contributed by atoms with E-state index in [1.807, 2.05) is 24.3 Å². The van der Waals surface area contributed by atoms with Gasteiger partial charge >= 0.3 is 0 Å². The first kappa shape index (κ1) is 11.0. The summed E-state index contributed by atoms with van der Waals surface area (Å²) in [6.07, 6.45) is 0. The largest absolute Gasteiger partial charge is 0.454 e. The Balaban J connectivity index is 1.84. The van der Waals surface area contributed by atoms with Crippen LogP contribution in [0, 0.1) is 0 Å². The van der Waals surface area contributed by atoms with Crippen LogP contribution >= 0.6 is 12.2 Å². The van der Waals surface area contributed by atoms with Crippen molar-refractivity contribution < 1.29 is 13.7 Å². The van der Waals surface area contributed by atoms with Crippen molar-refractivity contribution in [2.75, 3.05) is 6.79 Å². The van der Waals surface area contributed by atoms with Crippen LogP contribution in [0.4, 0.5) is 0 Å². The zero-order valence-electron chi connectivity index (χ0n) is 10.0. The molecule has 1 N–H and O–H groups in total. The molecule has 0 aliphatic carbocycles. The summed E-state index contributed by atoms with van der Waals surface area (Å²) in [5.74, 6) is 2.51. The minimum absolute atomic E-state index is 0.294. The van der Waals surface area contributed by atoms with Gasteiger partial charge in [0.25, 0.3) is 0 Å². The maximum atomic E-state index is 5.66. The lowest BCUT2D eigenvalue weighted by Crippen LogP contribution is -2.12. The molecule has 2 aromatic carbocycles. The minimum Gasteiger partial charge on any atom is -0.454 e. The van der Waals surface area contributed by atoms with Gasteiger partial charge in [-0.05, 0) is 17.7 Å². The molecule has 2 aromatic rings. The Morgan fingerprint density at radius 2 is 2.00 bits per heavy atom. The van der Waals surface area contributed by atoms with Crippen molar-refractivity contribution >= 4 is 12.2 Å². The topological polar surface area (TPSA) is 39.7 Å². The number of rotatable bonds is 1. The summed E-state index contributed by atoms with van der Waals surface area (Å²) in [4.78, 5) is 0. The quantitative estimate of drug-likeness (QED) is 0.638. The summed E-state index contributed by atoms with van der Waals surface area (Å²) in [5.41, 5.74) is 3.31. The number of benzene rings is 2. The highest BCUT2D eigenvalue weighted by molar-refractivity contribution is 7.93. The second-order valence-electron chi connectivity index (χ2n) is 4.35. The SMILES string of the molecule is c1cc2c(c(-c3ccc4c(c3)OCO4)c1)OSNC2. The van der Waals surface area contributed by atoms with E-state index >= 15 is 0 Å². The van der Waals surface area contributed by atoms with Crippen LogP contribution in [0.1, 0.15) is 5.56 Å². The van der Waals surface area contributed by atoms with E-state index in [-0.39, 0.29) is 0 Å². The Morgan fingerprint density at radius 3 is 3.00 bits per heavy atom. The predicted molar refractivity (Wildman–Crippen MR) is 73.1 cm³/mol. The van der Waals surface area contributed by atoms with Crippen LogP contribution in [-0.2, 0) is 6.54 Å². The third-order valence-electron chi connectivity index (χ3n) is 3.23. The van der Waals surface area contributed by atoms with Gasteiger partial charge in [-0.2, -0.15) is 0 Å². The normalized spacial score (nSPS) is 15.8. The van der Waals surface area contributed by atoms with E-state index in [0.29, 0.717) is 6.79 Å². The zero-order valence-corrected chi connectivity index (χ0v) is 10.8. The van der Waals surface area contributed by atoms with Gasteiger partial charge in [0.2, 0.25) is 6.79 Å². The lowest BCUT2D eigenvalue weighted by Gasteiger charge is -2.19. The molecule has 0 saturated heterocycles. The van der Waals surface area contributed by atoms with Crippen LogP contribution in [0.15, 0.2) is 36.4 Å². The number of hydrogen-bond acceptors (Lipinski definition) is 5. The van der Waals surface area contributed by atoms with E-state index in [1.165, 1.54) is 12.2 Å². The molecule has 96 valence electrons. The van der Waals surface area contributed by atoms with Crippen molar-refractivity contribution in [3.8, 4) is 28.4 Å². The molecule has 0 radical (unpaired) electrons. The van der Waals surface area contributed by atoms with Gasteiger partial charge in [-0.1, -0.05) is 24.3 Å². The highest BCUT2D eigenvalue weighted by Gasteiger charge is 2.19. The summed E-state index contributed by atoms with van der Waals surface area (Å²) in [6, 6.07) is 12.1. The van der Waals surface area contributed by atoms with Crippen molar-refractivity contribution in [2.24, 2.45) is 0 Å². The fourth-order valence-electron chi connectivity index (χ4n) is 2.29. The second-order valence-corrected chi connectivity index (χ2v) is 4.97. The molecular weight excluding hydrogens is 262 g/mol. The molecule has 2 aliphatic heterocycles. The third-order valence-corrected chi connectivity index (χ3v) is 3.74. The Hall–Kier alpha value is -1.85. The summed E-state index contributed by atoms with van der Waals surface area (Å²) >= 11 is 1.27. The third kappa shape index (κ3) is 1.82. The molecule has 4 nitrogen and oxygen atoms in total. The highest BCUT2D eigenvalue weighted by atomic mass is 32.2. The van der Waals surface area contributed by atoms with Gasteiger partial charge in [0.05, 0.1) is 0 Å². The van der Waals surface area contributed by atoms with Gasteiger partial charge in [-0.25, -0.2) is 4.72 Å². The van der Waals surface area contributed by atoms with Crippen LogP contribution in [0.2, 0.25) is 0 Å². The first-order valence-electron chi connectivity index (χ1n) is 6.00. The minimum atomic E-state index is 0.294. The molecule has 0 atom stereocenters. The molecule has 19 heavy (non-hydrogen) atoms. The molecule has 0 amide bonds. The molecule has 4 rings (SSSR count). The van der Waals surface area contributed by atoms with Crippen LogP contribution < -0.4 is 18.4 Å². The Labute approximate surface area is 115 Å². The van der Waals surface area contributed by atoms with E-state index in [2.05, 4.69) is 16.9 Å². The maximum absolute atomic E-state index is 5.66. The van der Waals surface area contributed by atoms with Crippen LogP contribution in [0.3, 0.4) is 0 Å². The molecular formula is C14H11NO3S. The Bertz CT molecular complexity index is 645. The summed E-state index contributed by atoms with van der Waals surface area (Å²) in [5, 5.41) is 0. The molecule has 0 aromatic heterocycles. The zero-order chi connectivity index (χ0) is 12.7. The molecule has 2 heterocycles. The lowest BCUT2D eigenvalue weighted by molar-refractivity contribution is 0.174. The number of fused-ring (bicyclic) bond motifs is 2. The number of para-hydroxylation sites is 1. The van der Waals surface area contributed by atoms with E-state index in [0.717, 1.165) is 40.5 Å². The first-order chi connectivity index (χ1) is 9.42. The fourth-order valence-corrected chi connectivity index (χ4v) is 2.85. The standard InChI is InChI=1S/C14H11NO3S/c1-2-10-7-15-19-18-14(10)11(3-1)9-4-5-12-13(6-9)17-8-16-12/h1-6,15H,7-8H2. The molecule has 2 aliphatic rings. The molecule has 0 fully saturated rings. The number of nitrogens with one attached hydrogen (secondary N) is 1. The van der Waals surface area contributed by atoms with Gasteiger partial charge < -0.3 is 13.7 Å². The van der Waals surface area contributed by atoms with Crippen LogP contribution in [0.25, 0.3) is 11.1 Å². The van der Waals surface area contributed by atoms with Crippen molar-refractivity contribution in [3.05, 3.63) is 42.0 Å². The van der Waals surface area contributed by atoms with E-state index in [4.69, 9.17) is 13.7 Å². The second kappa shape index (κ2) is 4.36. The summed E-state index contributed by atoms with van der Waals surface area (Å²) < 4.78 is 19.5. The molecule has 5 heteroatoms. The Kier molecular flexibility index (Phi) is 2.53. The number of ether oxygens (including phenoxy) is 2. The maximum Gasteiger partial charge on any atom is 0.231 e. The average Bonchev–Trinajstić information content (AvgIpc) is 2.94. The van der Waals surface area contributed by atoms with Gasteiger partial charge in [-0.15, -0.1) is 0 Å². The Morgan fingerprint density at radius 1 is 1.05 bits per heavy atom.